The number of para-hydroxylation sites is 4. The standard InChI is InChI=1S/C50H38N26O6S2.2Na.2H/c77-83(78,79)39-27-33(51-45-53-41(57-47-61-65-69-73(47)35-13-5-1-6-14-35)29-42(54-45)58-48-62-66-70-74(48)36-15-7-2-8-16-36)25-23-31(39)21-22-32-24-26-34(28-40(32)84(80,81)82)52-46-55-43(59-49-63-67-71-75(49)37-17-9-3-10-18-37)30-44(56-46)60-50-64-68-72-76(50)38-19-11-4-12-20-38;;;;/h1-30H,(H,77,78,79)(H,80,81,82)(H3,51,53,54,57,58,61,62,69,70)(H3,52,55,56,59,60,63,64,71,72);;;;. The zero-order valence-corrected chi connectivity index (χ0v) is 44.2. The number of hydrogen-bond acceptors (Lipinski definition) is 26. The van der Waals surface area contributed by atoms with Crippen molar-refractivity contribution in [3.05, 3.63) is 181 Å². The quantitative estimate of drug-likeness (QED) is 0.0283. The van der Waals surface area contributed by atoms with Crippen LogP contribution in [0.4, 0.5) is 70.3 Å². The summed E-state index contributed by atoms with van der Waals surface area (Å²) in [7, 11) is -9.97. The van der Waals surface area contributed by atoms with Gasteiger partial charge >= 0.3 is 59.1 Å². The Morgan fingerprint density at radius 3 is 0.872 bits per heavy atom. The van der Waals surface area contributed by atoms with Crippen LogP contribution in [-0.4, -0.2) is 186 Å². The first kappa shape index (κ1) is 59.3. The van der Waals surface area contributed by atoms with Gasteiger partial charge in [0.1, 0.15) is 33.1 Å². The topological polar surface area (TPSA) is 407 Å². The SMILES string of the molecule is O=S(=O)(O)c1cc(Nc2nc(Nc3nnnn3-c3ccccc3)cc(Nc3nnnn3-c3ccccc3)n2)ccc1C=Cc1ccc(Nc2nc(Nc3nnnn3-c3ccccc3)cc(Nc3nnnn3-c3ccccc3)n2)cc1S(=O)(=O)O.[NaH].[NaH]. The summed E-state index contributed by atoms with van der Waals surface area (Å²) in [5.74, 6) is 1.14. The van der Waals surface area contributed by atoms with Crippen LogP contribution in [0.3, 0.4) is 0 Å². The summed E-state index contributed by atoms with van der Waals surface area (Å²) >= 11 is 0. The van der Waals surface area contributed by atoms with E-state index in [2.05, 4.69) is 114 Å². The van der Waals surface area contributed by atoms with Crippen LogP contribution in [-0.2, 0) is 20.2 Å². The first-order valence-corrected chi connectivity index (χ1v) is 27.4. The number of aromatic nitrogens is 20. The van der Waals surface area contributed by atoms with E-state index < -0.39 is 30.0 Å². The number of hydrogen-bond donors (Lipinski definition) is 8. The number of tetrazole rings is 4. The Labute approximate surface area is 529 Å². The molecule has 0 radical (unpaired) electrons. The second kappa shape index (κ2) is 25.9. The minimum absolute atomic E-state index is 0. The molecule has 8 N–H and O–H groups in total. The van der Waals surface area contributed by atoms with E-state index in [1.54, 1.807) is 48.5 Å². The van der Waals surface area contributed by atoms with Crippen LogP contribution in [0.25, 0.3) is 34.9 Å². The van der Waals surface area contributed by atoms with Crippen LogP contribution in [0.1, 0.15) is 11.1 Å². The Morgan fingerprint density at radius 2 is 0.616 bits per heavy atom. The Hall–Kier alpha value is -9.88. The molecule has 0 aliphatic carbocycles. The number of rotatable bonds is 20. The van der Waals surface area contributed by atoms with Crippen molar-refractivity contribution in [2.45, 2.75) is 9.79 Å². The zero-order chi connectivity index (χ0) is 57.6. The molecule has 32 nitrogen and oxygen atoms in total. The van der Waals surface area contributed by atoms with E-state index in [1.807, 2.05) is 72.8 Å². The molecule has 0 saturated carbocycles. The van der Waals surface area contributed by atoms with Gasteiger partial charge in [-0.3, -0.25) is 9.11 Å². The monoisotopic (exact) mass is 1210 g/mol. The van der Waals surface area contributed by atoms with Crippen molar-refractivity contribution in [3.8, 4) is 22.7 Å². The Balaban J connectivity index is 0.00000410. The average Bonchev–Trinajstić information content (AvgIpc) is 2.81. The molecule has 6 heterocycles. The minimum atomic E-state index is -4.99. The van der Waals surface area contributed by atoms with Crippen molar-refractivity contribution in [1.82, 2.24) is 101 Å². The van der Waals surface area contributed by atoms with Crippen molar-refractivity contribution in [1.29, 1.82) is 0 Å². The van der Waals surface area contributed by atoms with Gasteiger partial charge in [-0.25, -0.2) is 0 Å². The van der Waals surface area contributed by atoms with Gasteiger partial charge in [-0.05, 0) is 126 Å². The van der Waals surface area contributed by atoms with Crippen molar-refractivity contribution in [2.24, 2.45) is 0 Å². The molecule has 0 fully saturated rings. The molecule has 0 unspecified atom stereocenters. The van der Waals surface area contributed by atoms with Gasteiger partial charge < -0.3 is 31.9 Å². The van der Waals surface area contributed by atoms with Crippen LogP contribution in [0.15, 0.2) is 180 Å². The zero-order valence-electron chi connectivity index (χ0n) is 42.6. The normalized spacial score (nSPS) is 11.3. The second-order valence-electron chi connectivity index (χ2n) is 17.5. The maximum atomic E-state index is 13.1. The predicted octanol–water partition coefficient (Wildman–Crippen LogP) is 5.00. The van der Waals surface area contributed by atoms with Crippen molar-refractivity contribution in [2.75, 3.05) is 31.9 Å². The third-order valence-electron chi connectivity index (χ3n) is 11.8. The first-order valence-electron chi connectivity index (χ1n) is 24.5. The summed E-state index contributed by atoms with van der Waals surface area (Å²) in [6.45, 7) is 0. The van der Waals surface area contributed by atoms with Gasteiger partial charge in [0.15, 0.2) is 0 Å². The van der Waals surface area contributed by atoms with Crippen molar-refractivity contribution in [3.63, 3.8) is 0 Å². The van der Waals surface area contributed by atoms with Gasteiger partial charge in [0.25, 0.3) is 44.0 Å². The molecular formula is C50H40N26Na2O6S2. The van der Waals surface area contributed by atoms with Gasteiger partial charge in [-0.2, -0.15) is 55.5 Å². The van der Waals surface area contributed by atoms with Gasteiger partial charge in [-0.15, -0.1) is 0 Å². The number of nitrogens with one attached hydrogen (secondary N) is 6. The third-order valence-corrected chi connectivity index (χ3v) is 13.6. The van der Waals surface area contributed by atoms with E-state index in [9.17, 15) is 25.9 Å². The van der Waals surface area contributed by atoms with Crippen LogP contribution in [0.2, 0.25) is 0 Å². The molecule has 0 bridgehead atoms. The number of benzene rings is 6. The average molecular weight is 1210 g/mol. The fourth-order valence-electron chi connectivity index (χ4n) is 8.14. The molecule has 0 atom stereocenters. The summed E-state index contributed by atoms with van der Waals surface area (Å²) in [5, 5.41) is 66.4. The predicted molar refractivity (Wildman–Crippen MR) is 316 cm³/mol. The molecule has 12 aromatic rings. The van der Waals surface area contributed by atoms with E-state index in [0.717, 1.165) is 12.1 Å². The number of nitrogens with zero attached hydrogens (tertiary/aromatic N) is 20. The molecule has 86 heavy (non-hydrogen) atoms. The van der Waals surface area contributed by atoms with E-state index in [-0.39, 0.29) is 141 Å². The van der Waals surface area contributed by atoms with E-state index in [1.165, 1.54) is 67.3 Å². The molecular weight excluding hydrogens is 1170 g/mol. The fraction of sp³-hybridized carbons (Fsp3) is 0. The Kier molecular flexibility index (Phi) is 17.9. The third kappa shape index (κ3) is 13.9. The summed E-state index contributed by atoms with van der Waals surface area (Å²) in [6.07, 6.45) is 2.48. The summed E-state index contributed by atoms with van der Waals surface area (Å²) < 4.78 is 79.2. The molecule has 420 valence electrons. The molecule has 0 amide bonds. The van der Waals surface area contributed by atoms with Crippen molar-refractivity contribution < 1.29 is 25.9 Å². The molecule has 12 rings (SSSR count). The number of anilines is 12. The van der Waals surface area contributed by atoms with Gasteiger partial charge in [-0.1, -0.05) is 117 Å². The Morgan fingerprint density at radius 1 is 0.349 bits per heavy atom. The maximum absolute atomic E-state index is 13.1. The van der Waals surface area contributed by atoms with Crippen LogP contribution >= 0.6 is 0 Å². The molecule has 0 aliphatic rings. The fourth-order valence-corrected chi connectivity index (χ4v) is 9.56. The Bertz CT molecular complexity index is 4120. The van der Waals surface area contributed by atoms with Crippen molar-refractivity contribution >= 4 is 162 Å². The summed E-state index contributed by atoms with van der Waals surface area (Å²) in [4.78, 5) is 17.2. The van der Waals surface area contributed by atoms with Gasteiger partial charge in [0, 0.05) is 23.5 Å². The molecule has 6 aromatic carbocycles. The molecule has 6 aromatic heterocycles. The van der Waals surface area contributed by atoms with E-state index in [4.69, 9.17) is 0 Å². The molecule has 36 heteroatoms. The first-order chi connectivity index (χ1) is 40.8. The van der Waals surface area contributed by atoms with Gasteiger partial charge in [0.2, 0.25) is 11.9 Å². The summed E-state index contributed by atoms with van der Waals surface area (Å²) in [6, 6.07) is 47.2. The van der Waals surface area contributed by atoms with Crippen LogP contribution < -0.4 is 31.9 Å². The van der Waals surface area contributed by atoms with Crippen LogP contribution in [0, 0.1) is 0 Å². The molecule has 0 saturated heterocycles. The van der Waals surface area contributed by atoms with Gasteiger partial charge in [0.05, 0.1) is 22.7 Å². The van der Waals surface area contributed by atoms with E-state index in [0.29, 0.717) is 22.7 Å². The van der Waals surface area contributed by atoms with E-state index >= 15 is 0 Å². The second-order valence-corrected chi connectivity index (χ2v) is 20.2. The molecule has 0 spiro atoms. The summed E-state index contributed by atoms with van der Waals surface area (Å²) in [5.41, 5.74) is 2.56. The molecule has 0 aliphatic heterocycles. The van der Waals surface area contributed by atoms with Crippen LogP contribution in [0.5, 0.6) is 0 Å².